The minimum atomic E-state index is 0.516. The van der Waals surface area contributed by atoms with E-state index in [-0.39, 0.29) is 0 Å². The fourth-order valence-electron chi connectivity index (χ4n) is 0.538. The Balaban J connectivity index is 3.32. The van der Waals surface area contributed by atoms with Crippen molar-refractivity contribution in [2.24, 2.45) is 0 Å². The van der Waals surface area contributed by atoms with Crippen LogP contribution in [-0.2, 0) is 0 Å². The Morgan fingerprint density at radius 3 is 1.55 bits per heavy atom. The van der Waals surface area contributed by atoms with Gasteiger partial charge in [0, 0.05) is 0 Å². The van der Waals surface area contributed by atoms with Crippen molar-refractivity contribution < 1.29 is 0 Å². The predicted molar refractivity (Wildman–Crippen MR) is 68.2 cm³/mol. The number of thiol groups is 4. The Morgan fingerprint density at radius 1 is 0.909 bits per heavy atom. The van der Waals surface area contributed by atoms with Gasteiger partial charge in [0.25, 0.3) is 0 Å². The normalized spacial score (nSPS) is 16.4. The van der Waals surface area contributed by atoms with E-state index in [4.69, 9.17) is 0 Å². The second-order valence-electron chi connectivity index (χ2n) is 2.07. The van der Waals surface area contributed by atoms with Crippen LogP contribution in [0.5, 0.6) is 0 Å². The van der Waals surface area contributed by atoms with Crippen molar-refractivity contribution >= 4 is 65.5 Å². The molecule has 0 radical (unpaired) electrons. The molecule has 5 heteroatoms. The fourth-order valence-corrected chi connectivity index (χ4v) is 6.36. The molecule has 0 aromatic rings. The molecule has 0 amide bonds. The molecule has 0 aliphatic rings. The third kappa shape index (κ3) is 8.26. The van der Waals surface area contributed by atoms with Crippen LogP contribution in [0.15, 0.2) is 0 Å². The van der Waals surface area contributed by atoms with Crippen LogP contribution in [0, 0.1) is 0 Å². The molecule has 0 saturated carbocycles. The standard InChI is InChI=1S/C6H14S4Se/c7-3-1-5(9)11-6(10)2-4-8/h5-10H,1-4H2. The SMILES string of the molecule is SCCC(S)[Se]C(S)CCS. The summed E-state index contributed by atoms with van der Waals surface area (Å²) in [6.45, 7) is 0. The number of hydrogen-bond donors (Lipinski definition) is 4. The molecule has 0 bridgehead atoms. The van der Waals surface area contributed by atoms with E-state index in [1.54, 1.807) is 0 Å². The Labute approximate surface area is 97.5 Å². The van der Waals surface area contributed by atoms with Crippen molar-refractivity contribution in [2.45, 2.75) is 21.1 Å². The molecule has 0 aliphatic carbocycles. The minimum absolute atomic E-state index is 0.516. The Kier molecular flexibility index (Phi) is 10.0. The van der Waals surface area contributed by atoms with E-state index in [1.807, 2.05) is 0 Å². The molecule has 2 unspecified atom stereocenters. The zero-order valence-corrected chi connectivity index (χ0v) is 11.5. The molecule has 0 nitrogen and oxygen atoms in total. The first-order chi connectivity index (χ1) is 5.20. The van der Waals surface area contributed by atoms with Crippen LogP contribution in [0.25, 0.3) is 0 Å². The van der Waals surface area contributed by atoms with Gasteiger partial charge in [0.05, 0.1) is 0 Å². The van der Waals surface area contributed by atoms with Gasteiger partial charge in [-0.1, -0.05) is 0 Å². The summed E-state index contributed by atoms with van der Waals surface area (Å²) in [4.78, 5) is 0. The predicted octanol–water partition coefficient (Wildman–Crippen LogP) is 1.84. The monoisotopic (exact) mass is 294 g/mol. The van der Waals surface area contributed by atoms with Crippen molar-refractivity contribution in [3.05, 3.63) is 0 Å². The van der Waals surface area contributed by atoms with Gasteiger partial charge in [-0.2, -0.15) is 0 Å². The van der Waals surface area contributed by atoms with Gasteiger partial charge in [0.15, 0.2) is 0 Å². The maximum absolute atomic E-state index is 4.45. The van der Waals surface area contributed by atoms with Gasteiger partial charge in [-0.25, -0.2) is 0 Å². The average Bonchev–Trinajstić information content (AvgIpc) is 1.87. The van der Waals surface area contributed by atoms with E-state index >= 15 is 0 Å². The fraction of sp³-hybridized carbons (Fsp3) is 1.00. The van der Waals surface area contributed by atoms with Crippen molar-refractivity contribution in [3.63, 3.8) is 0 Å². The van der Waals surface area contributed by atoms with E-state index in [9.17, 15) is 0 Å². The quantitative estimate of drug-likeness (QED) is 0.417. The summed E-state index contributed by atoms with van der Waals surface area (Å²) >= 11 is 17.7. The third-order valence-corrected chi connectivity index (χ3v) is 5.67. The summed E-state index contributed by atoms with van der Waals surface area (Å²) in [5, 5.41) is 0. The van der Waals surface area contributed by atoms with Gasteiger partial charge in [-0.05, 0) is 0 Å². The Hall–Kier alpha value is 1.92. The Morgan fingerprint density at radius 2 is 1.27 bits per heavy atom. The number of rotatable bonds is 6. The molecular formula is C6H14S4Se. The molecule has 0 aromatic carbocycles. The van der Waals surface area contributed by atoms with Crippen molar-refractivity contribution in [1.82, 2.24) is 0 Å². The molecule has 0 saturated heterocycles. The average molecular weight is 293 g/mol. The van der Waals surface area contributed by atoms with Gasteiger partial charge in [0.2, 0.25) is 0 Å². The first kappa shape index (κ1) is 12.9. The van der Waals surface area contributed by atoms with Gasteiger partial charge < -0.3 is 0 Å². The molecule has 0 fully saturated rings. The van der Waals surface area contributed by atoms with Crippen LogP contribution < -0.4 is 0 Å². The molecule has 0 aromatic heterocycles. The van der Waals surface area contributed by atoms with E-state index in [0.29, 0.717) is 23.3 Å². The summed E-state index contributed by atoms with van der Waals surface area (Å²) in [7, 11) is 0. The summed E-state index contributed by atoms with van der Waals surface area (Å²) in [5.41, 5.74) is 0. The Bertz CT molecular complexity index is 80.7. The summed E-state index contributed by atoms with van der Waals surface area (Å²) in [5.74, 6) is 1.86. The summed E-state index contributed by atoms with van der Waals surface area (Å²) in [6, 6.07) is 0. The van der Waals surface area contributed by atoms with Crippen molar-refractivity contribution in [3.8, 4) is 0 Å². The second kappa shape index (κ2) is 8.51. The summed E-state index contributed by atoms with van der Waals surface area (Å²) in [6.07, 6.45) is 2.19. The molecule has 0 rings (SSSR count). The van der Waals surface area contributed by atoms with Crippen LogP contribution in [0.4, 0.5) is 0 Å². The molecule has 2 atom stereocenters. The first-order valence-electron chi connectivity index (χ1n) is 3.44. The van der Waals surface area contributed by atoms with E-state index < -0.39 is 0 Å². The van der Waals surface area contributed by atoms with Crippen molar-refractivity contribution in [2.75, 3.05) is 11.5 Å². The molecule has 68 valence electrons. The van der Waals surface area contributed by atoms with Crippen LogP contribution in [0.3, 0.4) is 0 Å². The van der Waals surface area contributed by atoms with E-state index in [2.05, 4.69) is 50.5 Å². The van der Waals surface area contributed by atoms with Gasteiger partial charge in [-0.3, -0.25) is 0 Å². The zero-order chi connectivity index (χ0) is 8.69. The third-order valence-electron chi connectivity index (χ3n) is 1.07. The molecular weight excluding hydrogens is 279 g/mol. The second-order valence-corrected chi connectivity index (χ2v) is 8.74. The van der Waals surface area contributed by atoms with E-state index in [1.165, 1.54) is 0 Å². The topological polar surface area (TPSA) is 0 Å². The van der Waals surface area contributed by atoms with Crippen LogP contribution >= 0.6 is 50.5 Å². The van der Waals surface area contributed by atoms with Crippen LogP contribution in [0.2, 0.25) is 0 Å². The van der Waals surface area contributed by atoms with E-state index in [0.717, 1.165) is 24.3 Å². The molecule has 0 N–H and O–H groups in total. The van der Waals surface area contributed by atoms with Gasteiger partial charge >= 0.3 is 98.1 Å². The molecule has 11 heavy (non-hydrogen) atoms. The van der Waals surface area contributed by atoms with Crippen LogP contribution in [0.1, 0.15) is 12.8 Å². The molecule has 0 aliphatic heterocycles. The maximum atomic E-state index is 4.45. The number of hydrogen-bond acceptors (Lipinski definition) is 4. The van der Waals surface area contributed by atoms with Gasteiger partial charge in [0.1, 0.15) is 0 Å². The first-order valence-corrected chi connectivity index (χ1v) is 7.71. The molecule has 0 heterocycles. The van der Waals surface area contributed by atoms with Gasteiger partial charge in [-0.15, -0.1) is 0 Å². The zero-order valence-electron chi connectivity index (χ0n) is 6.18. The summed E-state index contributed by atoms with van der Waals surface area (Å²) < 4.78 is 1.03. The molecule has 0 spiro atoms. The van der Waals surface area contributed by atoms with Crippen LogP contribution in [-0.4, -0.2) is 34.8 Å². The van der Waals surface area contributed by atoms with Crippen molar-refractivity contribution in [1.29, 1.82) is 0 Å².